The summed E-state index contributed by atoms with van der Waals surface area (Å²) >= 11 is 7.29. The van der Waals surface area contributed by atoms with Gasteiger partial charge in [-0.3, -0.25) is 4.79 Å². The van der Waals surface area contributed by atoms with Gasteiger partial charge in [-0.2, -0.15) is 0 Å². The fourth-order valence-corrected chi connectivity index (χ4v) is 2.96. The van der Waals surface area contributed by atoms with Crippen molar-refractivity contribution in [3.8, 4) is 11.5 Å². The fourth-order valence-electron chi connectivity index (χ4n) is 2.18. The van der Waals surface area contributed by atoms with Crippen LogP contribution < -0.4 is 10.2 Å². The van der Waals surface area contributed by atoms with Crippen LogP contribution in [0.15, 0.2) is 58.2 Å². The van der Waals surface area contributed by atoms with Crippen molar-refractivity contribution in [3.63, 3.8) is 0 Å². The Morgan fingerprint density at radius 2 is 1.88 bits per heavy atom. The van der Waals surface area contributed by atoms with Crippen molar-refractivity contribution in [1.82, 2.24) is 10.2 Å². The lowest BCUT2D eigenvalue weighted by Crippen LogP contribution is -2.14. The predicted octanol–water partition coefficient (Wildman–Crippen LogP) is 4.19. The number of hydrogen-bond acceptors (Lipinski definition) is 6. The summed E-state index contributed by atoms with van der Waals surface area (Å²) in [7, 11) is 3.93. The molecule has 26 heavy (non-hydrogen) atoms. The van der Waals surface area contributed by atoms with Crippen molar-refractivity contribution in [3.05, 3.63) is 53.6 Å². The molecule has 0 aliphatic heterocycles. The van der Waals surface area contributed by atoms with Gasteiger partial charge >= 0.3 is 0 Å². The number of aromatic nitrogens is 2. The van der Waals surface area contributed by atoms with Gasteiger partial charge < -0.3 is 14.6 Å². The van der Waals surface area contributed by atoms with Crippen molar-refractivity contribution in [2.45, 2.75) is 5.22 Å². The minimum atomic E-state index is -0.148. The molecule has 0 aliphatic carbocycles. The third-order valence-corrected chi connectivity index (χ3v) is 4.65. The second-order valence-corrected chi connectivity index (χ2v) is 6.96. The average molecular weight is 389 g/mol. The number of hydrogen-bond donors (Lipinski definition) is 1. The van der Waals surface area contributed by atoms with E-state index in [1.165, 1.54) is 11.8 Å². The van der Waals surface area contributed by atoms with Crippen LogP contribution in [-0.2, 0) is 4.79 Å². The molecule has 0 bridgehead atoms. The molecule has 0 fully saturated rings. The second-order valence-electron chi connectivity index (χ2n) is 5.63. The summed E-state index contributed by atoms with van der Waals surface area (Å²) in [6, 6.07) is 14.8. The van der Waals surface area contributed by atoms with Gasteiger partial charge in [0.1, 0.15) is 0 Å². The monoisotopic (exact) mass is 388 g/mol. The van der Waals surface area contributed by atoms with Crippen LogP contribution in [0.3, 0.4) is 0 Å². The number of rotatable bonds is 6. The Hall–Kier alpha value is -2.51. The van der Waals surface area contributed by atoms with Crippen molar-refractivity contribution in [2.24, 2.45) is 0 Å². The van der Waals surface area contributed by atoms with E-state index in [-0.39, 0.29) is 11.7 Å². The van der Waals surface area contributed by atoms with E-state index in [1.807, 2.05) is 55.4 Å². The molecule has 3 rings (SSSR count). The van der Waals surface area contributed by atoms with Gasteiger partial charge in [0.25, 0.3) is 5.22 Å². The molecule has 0 aliphatic rings. The maximum absolute atomic E-state index is 12.1. The number of halogens is 1. The van der Waals surface area contributed by atoms with Crippen LogP contribution in [0, 0.1) is 0 Å². The van der Waals surface area contributed by atoms with Crippen LogP contribution in [0.25, 0.3) is 11.5 Å². The van der Waals surface area contributed by atoms with Gasteiger partial charge in [0, 0.05) is 25.5 Å². The smallest absolute Gasteiger partial charge is 0.277 e. The highest BCUT2D eigenvalue weighted by atomic mass is 35.5. The van der Waals surface area contributed by atoms with Crippen LogP contribution in [0.4, 0.5) is 11.4 Å². The first-order valence-corrected chi connectivity index (χ1v) is 9.18. The summed E-state index contributed by atoms with van der Waals surface area (Å²) < 4.78 is 5.56. The zero-order valence-corrected chi connectivity index (χ0v) is 15.8. The Kier molecular flexibility index (Phi) is 5.80. The van der Waals surface area contributed by atoms with E-state index in [1.54, 1.807) is 12.1 Å². The van der Waals surface area contributed by atoms with Crippen molar-refractivity contribution >= 4 is 40.6 Å². The third kappa shape index (κ3) is 4.56. The standard InChI is InChI=1S/C18H17ClN4O2S/c1-23(2)13-9-7-12(8-10-13)20-16(24)11-26-18-22-21-17(25-18)14-5-3-4-6-15(14)19/h3-10H,11H2,1-2H3,(H,20,24). The van der Waals surface area contributed by atoms with E-state index >= 15 is 0 Å². The molecule has 8 heteroatoms. The van der Waals surface area contributed by atoms with Crippen molar-refractivity contribution in [2.75, 3.05) is 30.1 Å². The van der Waals surface area contributed by atoms with E-state index in [0.29, 0.717) is 21.7 Å². The summed E-state index contributed by atoms with van der Waals surface area (Å²) in [5.74, 6) is 0.349. The van der Waals surface area contributed by atoms with Crippen molar-refractivity contribution in [1.29, 1.82) is 0 Å². The minimum Gasteiger partial charge on any atom is -0.411 e. The number of nitrogens with zero attached hydrogens (tertiary/aromatic N) is 3. The summed E-state index contributed by atoms with van der Waals surface area (Å²) in [5.41, 5.74) is 2.47. The predicted molar refractivity (Wildman–Crippen MR) is 105 cm³/mol. The molecular weight excluding hydrogens is 372 g/mol. The molecule has 6 nitrogen and oxygen atoms in total. The molecular formula is C18H17ClN4O2S. The van der Waals surface area contributed by atoms with Gasteiger partial charge in [-0.25, -0.2) is 0 Å². The Morgan fingerprint density at radius 1 is 1.15 bits per heavy atom. The summed E-state index contributed by atoms with van der Waals surface area (Å²) in [5, 5.41) is 11.6. The van der Waals surface area contributed by atoms with Crippen LogP contribution >= 0.6 is 23.4 Å². The highest BCUT2D eigenvalue weighted by molar-refractivity contribution is 7.99. The third-order valence-electron chi connectivity index (χ3n) is 3.50. The highest BCUT2D eigenvalue weighted by Gasteiger charge is 2.13. The molecule has 3 aromatic rings. The molecule has 134 valence electrons. The van der Waals surface area contributed by atoms with E-state index in [0.717, 1.165) is 11.4 Å². The maximum atomic E-state index is 12.1. The lowest BCUT2D eigenvalue weighted by Gasteiger charge is -2.12. The van der Waals surface area contributed by atoms with Gasteiger partial charge in [-0.15, -0.1) is 10.2 Å². The lowest BCUT2D eigenvalue weighted by molar-refractivity contribution is -0.113. The summed E-state index contributed by atoms with van der Waals surface area (Å²) in [6.45, 7) is 0. The lowest BCUT2D eigenvalue weighted by atomic mass is 10.2. The fraction of sp³-hybridized carbons (Fsp3) is 0.167. The topological polar surface area (TPSA) is 71.3 Å². The SMILES string of the molecule is CN(C)c1ccc(NC(=O)CSc2nnc(-c3ccccc3Cl)o2)cc1. The number of thioether (sulfide) groups is 1. The van der Waals surface area contributed by atoms with E-state index in [2.05, 4.69) is 15.5 Å². The number of benzene rings is 2. The van der Waals surface area contributed by atoms with Crippen LogP contribution in [0.1, 0.15) is 0 Å². The molecule has 1 heterocycles. The molecule has 0 spiro atoms. The van der Waals surface area contributed by atoms with Gasteiger partial charge in [-0.1, -0.05) is 35.5 Å². The van der Waals surface area contributed by atoms with Crippen LogP contribution in [0.5, 0.6) is 0 Å². The summed E-state index contributed by atoms with van der Waals surface area (Å²) in [4.78, 5) is 14.1. The molecule has 1 aromatic heterocycles. The Labute approximate surface area is 160 Å². The number of carbonyl (C=O) groups excluding carboxylic acids is 1. The first kappa shape index (κ1) is 18.3. The molecule has 0 saturated heterocycles. The van der Waals surface area contributed by atoms with Crippen molar-refractivity contribution < 1.29 is 9.21 Å². The Balaban J connectivity index is 1.56. The zero-order valence-electron chi connectivity index (χ0n) is 14.3. The van der Waals surface area contributed by atoms with E-state index in [4.69, 9.17) is 16.0 Å². The normalized spacial score (nSPS) is 10.6. The maximum Gasteiger partial charge on any atom is 0.277 e. The molecule has 0 atom stereocenters. The Bertz CT molecular complexity index is 896. The van der Waals surface area contributed by atoms with Gasteiger partial charge in [0.2, 0.25) is 11.8 Å². The number of amides is 1. The molecule has 1 amide bonds. The van der Waals surface area contributed by atoms with E-state index in [9.17, 15) is 4.79 Å². The molecule has 1 N–H and O–H groups in total. The van der Waals surface area contributed by atoms with Crippen LogP contribution in [0.2, 0.25) is 5.02 Å². The minimum absolute atomic E-state index is 0.148. The summed E-state index contributed by atoms with van der Waals surface area (Å²) in [6.07, 6.45) is 0. The number of carbonyl (C=O) groups is 1. The molecule has 0 radical (unpaired) electrons. The van der Waals surface area contributed by atoms with E-state index < -0.39 is 0 Å². The zero-order chi connectivity index (χ0) is 18.5. The first-order chi connectivity index (χ1) is 12.5. The van der Waals surface area contributed by atoms with Gasteiger partial charge in [0.05, 0.1) is 16.3 Å². The van der Waals surface area contributed by atoms with Gasteiger partial charge in [0.15, 0.2) is 0 Å². The number of anilines is 2. The molecule has 2 aromatic carbocycles. The molecule has 0 unspecified atom stereocenters. The second kappa shape index (κ2) is 8.25. The Morgan fingerprint density at radius 3 is 2.58 bits per heavy atom. The molecule has 0 saturated carbocycles. The first-order valence-electron chi connectivity index (χ1n) is 7.81. The highest BCUT2D eigenvalue weighted by Crippen LogP contribution is 2.28. The number of nitrogens with one attached hydrogen (secondary N) is 1. The van der Waals surface area contributed by atoms with Gasteiger partial charge in [-0.05, 0) is 36.4 Å². The quantitative estimate of drug-likeness (QED) is 0.638. The average Bonchev–Trinajstić information content (AvgIpc) is 3.09. The largest absolute Gasteiger partial charge is 0.411 e. The van der Waals surface area contributed by atoms with Crippen LogP contribution in [-0.4, -0.2) is 36.0 Å².